The zero-order chi connectivity index (χ0) is 23.6. The fraction of sp³-hybridized carbons (Fsp3) is 0.227. The molecule has 3 N–H and O–H groups in total. The number of hydrogen-bond donors (Lipinski definition) is 3. The lowest BCUT2D eigenvalue weighted by Crippen LogP contribution is -2.12. The van der Waals surface area contributed by atoms with Gasteiger partial charge >= 0.3 is 6.18 Å². The number of aromatic amines is 1. The average Bonchev–Trinajstić information content (AvgIpc) is 3.38. The standard InChI is InChI=1S/C22H19F3N4O3S/c1-12-11-26-21(33-12)29-20(31)15-4-2-5-17-18(15)28-19(27-17)14-7-6-13(32-9-3-8-30)10-16(14)22(23,24)25/h2,4-7,10-11,30H,3,8-9H2,1H3,(H,27,28)(H,26,29,31). The number of nitrogens with one attached hydrogen (secondary N) is 2. The number of para-hydroxylation sites is 1. The first-order valence-electron chi connectivity index (χ1n) is 9.94. The van der Waals surface area contributed by atoms with Gasteiger partial charge in [-0.25, -0.2) is 9.97 Å². The molecule has 0 aliphatic heterocycles. The van der Waals surface area contributed by atoms with Gasteiger partial charge < -0.3 is 14.8 Å². The first-order chi connectivity index (χ1) is 15.8. The van der Waals surface area contributed by atoms with E-state index in [9.17, 15) is 18.0 Å². The van der Waals surface area contributed by atoms with Crippen LogP contribution in [0.15, 0.2) is 42.6 Å². The summed E-state index contributed by atoms with van der Waals surface area (Å²) in [5.74, 6) is -0.448. The first-order valence-corrected chi connectivity index (χ1v) is 10.8. The highest BCUT2D eigenvalue weighted by Crippen LogP contribution is 2.39. The van der Waals surface area contributed by atoms with Gasteiger partial charge in [0.15, 0.2) is 5.13 Å². The minimum Gasteiger partial charge on any atom is -0.493 e. The van der Waals surface area contributed by atoms with Crippen molar-refractivity contribution in [2.75, 3.05) is 18.5 Å². The number of fused-ring (bicyclic) bond motifs is 1. The topological polar surface area (TPSA) is 100 Å². The number of halogens is 3. The molecule has 4 aromatic rings. The Bertz CT molecular complexity index is 1300. The summed E-state index contributed by atoms with van der Waals surface area (Å²) in [6.45, 7) is 1.82. The highest BCUT2D eigenvalue weighted by Gasteiger charge is 2.35. The van der Waals surface area contributed by atoms with Crippen LogP contribution < -0.4 is 10.1 Å². The van der Waals surface area contributed by atoms with E-state index in [2.05, 4.69) is 20.3 Å². The molecular formula is C22H19F3N4O3S. The van der Waals surface area contributed by atoms with E-state index in [4.69, 9.17) is 9.84 Å². The number of amides is 1. The number of benzene rings is 2. The van der Waals surface area contributed by atoms with Crippen molar-refractivity contribution in [1.82, 2.24) is 15.0 Å². The van der Waals surface area contributed by atoms with Crippen molar-refractivity contribution in [2.45, 2.75) is 19.5 Å². The van der Waals surface area contributed by atoms with E-state index < -0.39 is 17.6 Å². The summed E-state index contributed by atoms with van der Waals surface area (Å²) in [4.78, 5) is 25.0. The third kappa shape index (κ3) is 4.99. The number of alkyl halides is 3. The second-order valence-corrected chi connectivity index (χ2v) is 8.38. The lowest BCUT2D eigenvalue weighted by molar-refractivity contribution is -0.137. The van der Waals surface area contributed by atoms with Gasteiger partial charge in [0.05, 0.1) is 23.3 Å². The number of hydrogen-bond acceptors (Lipinski definition) is 6. The maximum absolute atomic E-state index is 13.8. The zero-order valence-corrected chi connectivity index (χ0v) is 18.2. The van der Waals surface area contributed by atoms with Crippen LogP contribution in [0.5, 0.6) is 5.75 Å². The third-order valence-electron chi connectivity index (χ3n) is 4.72. The van der Waals surface area contributed by atoms with Crippen molar-refractivity contribution >= 4 is 33.4 Å². The van der Waals surface area contributed by atoms with E-state index in [-0.39, 0.29) is 41.4 Å². The maximum Gasteiger partial charge on any atom is 0.417 e. The first kappa shape index (κ1) is 22.7. The molecule has 0 aliphatic carbocycles. The quantitative estimate of drug-likeness (QED) is 0.325. The molecule has 1 amide bonds. The van der Waals surface area contributed by atoms with Crippen molar-refractivity contribution in [3.8, 4) is 17.1 Å². The van der Waals surface area contributed by atoms with Crippen molar-refractivity contribution in [1.29, 1.82) is 0 Å². The fourth-order valence-electron chi connectivity index (χ4n) is 3.23. The third-order valence-corrected chi connectivity index (χ3v) is 5.55. The molecule has 0 saturated carbocycles. The van der Waals surface area contributed by atoms with E-state index in [1.807, 2.05) is 6.92 Å². The smallest absolute Gasteiger partial charge is 0.417 e. The summed E-state index contributed by atoms with van der Waals surface area (Å²) in [7, 11) is 0. The minimum absolute atomic E-state index is 0.0235. The molecule has 0 spiro atoms. The van der Waals surface area contributed by atoms with Crippen LogP contribution in [-0.4, -0.2) is 39.2 Å². The monoisotopic (exact) mass is 476 g/mol. The number of aryl methyl sites for hydroxylation is 1. The van der Waals surface area contributed by atoms with E-state index in [1.54, 1.807) is 24.4 Å². The fourth-order valence-corrected chi connectivity index (χ4v) is 3.89. The Morgan fingerprint density at radius 3 is 2.79 bits per heavy atom. The second-order valence-electron chi connectivity index (χ2n) is 7.15. The predicted molar refractivity (Wildman–Crippen MR) is 119 cm³/mol. The molecule has 7 nitrogen and oxygen atoms in total. The van der Waals surface area contributed by atoms with E-state index >= 15 is 0 Å². The molecule has 172 valence electrons. The van der Waals surface area contributed by atoms with Gasteiger partial charge in [-0.15, -0.1) is 11.3 Å². The van der Waals surface area contributed by atoms with Gasteiger partial charge in [-0.3, -0.25) is 10.1 Å². The normalized spacial score (nSPS) is 11.7. The van der Waals surface area contributed by atoms with Gasteiger partial charge in [-0.1, -0.05) is 6.07 Å². The van der Waals surface area contributed by atoms with Gasteiger partial charge in [0.25, 0.3) is 5.91 Å². The van der Waals surface area contributed by atoms with Crippen molar-refractivity contribution in [2.24, 2.45) is 0 Å². The van der Waals surface area contributed by atoms with Crippen LogP contribution in [0.2, 0.25) is 0 Å². The summed E-state index contributed by atoms with van der Waals surface area (Å²) in [5, 5.41) is 11.9. The SMILES string of the molecule is Cc1cnc(NC(=O)c2cccc3[nH]c(-c4ccc(OCCCO)cc4C(F)(F)F)nc23)s1. The predicted octanol–water partition coefficient (Wildman–Crippen LogP) is 5.03. The van der Waals surface area contributed by atoms with E-state index in [0.717, 1.165) is 10.9 Å². The Morgan fingerprint density at radius 2 is 2.09 bits per heavy atom. The highest BCUT2D eigenvalue weighted by molar-refractivity contribution is 7.15. The number of carbonyl (C=O) groups is 1. The molecule has 0 radical (unpaired) electrons. The molecule has 0 aliphatic rings. The summed E-state index contributed by atoms with van der Waals surface area (Å²) in [6, 6.07) is 8.38. The number of aliphatic hydroxyl groups is 1. The largest absolute Gasteiger partial charge is 0.493 e. The number of ether oxygens (including phenoxy) is 1. The molecular weight excluding hydrogens is 457 g/mol. The molecule has 0 unspecified atom stereocenters. The lowest BCUT2D eigenvalue weighted by Gasteiger charge is -2.14. The number of aromatic nitrogens is 3. The minimum atomic E-state index is -4.66. The molecule has 2 heterocycles. The molecule has 2 aromatic carbocycles. The van der Waals surface area contributed by atoms with Gasteiger partial charge in [-0.2, -0.15) is 13.2 Å². The van der Waals surface area contributed by atoms with Gasteiger partial charge in [-0.05, 0) is 37.3 Å². The number of anilines is 1. The van der Waals surface area contributed by atoms with Gasteiger partial charge in [0.2, 0.25) is 0 Å². The Morgan fingerprint density at radius 1 is 1.27 bits per heavy atom. The van der Waals surface area contributed by atoms with Crippen molar-refractivity contribution < 1.29 is 27.8 Å². The molecule has 0 bridgehead atoms. The Labute approximate surface area is 190 Å². The number of thiazole rings is 1. The van der Waals surface area contributed by atoms with Crippen molar-refractivity contribution in [3.63, 3.8) is 0 Å². The summed E-state index contributed by atoms with van der Waals surface area (Å²) >= 11 is 1.31. The van der Waals surface area contributed by atoms with E-state index in [0.29, 0.717) is 17.1 Å². The summed E-state index contributed by atoms with van der Waals surface area (Å²) in [5.41, 5.74) is -0.221. The summed E-state index contributed by atoms with van der Waals surface area (Å²) < 4.78 is 46.7. The van der Waals surface area contributed by atoms with Crippen molar-refractivity contribution in [3.05, 3.63) is 58.6 Å². The Balaban J connectivity index is 1.71. The molecule has 2 aromatic heterocycles. The Hall–Kier alpha value is -3.44. The maximum atomic E-state index is 13.8. The number of rotatable bonds is 7. The summed E-state index contributed by atoms with van der Waals surface area (Å²) in [6.07, 6.45) is -2.73. The molecule has 4 rings (SSSR count). The van der Waals surface area contributed by atoms with Crippen LogP contribution in [-0.2, 0) is 6.18 Å². The molecule has 33 heavy (non-hydrogen) atoms. The van der Waals surface area contributed by atoms with Gasteiger partial charge in [0, 0.05) is 29.7 Å². The second kappa shape index (κ2) is 9.20. The number of nitrogens with zero attached hydrogens (tertiary/aromatic N) is 2. The number of aliphatic hydroxyl groups excluding tert-OH is 1. The van der Waals surface area contributed by atoms with Crippen LogP contribution in [0.4, 0.5) is 18.3 Å². The lowest BCUT2D eigenvalue weighted by atomic mass is 10.1. The van der Waals surface area contributed by atoms with Crippen LogP contribution in [0.25, 0.3) is 22.4 Å². The Kier molecular flexibility index (Phi) is 6.34. The zero-order valence-electron chi connectivity index (χ0n) is 17.4. The molecule has 11 heteroatoms. The average molecular weight is 476 g/mol. The van der Waals surface area contributed by atoms with E-state index in [1.165, 1.54) is 23.5 Å². The van der Waals surface area contributed by atoms with Crippen LogP contribution >= 0.6 is 11.3 Å². The molecule has 0 atom stereocenters. The van der Waals surface area contributed by atoms with Crippen LogP contribution in [0, 0.1) is 6.92 Å². The van der Waals surface area contributed by atoms with Crippen LogP contribution in [0.3, 0.4) is 0 Å². The number of H-pyrrole nitrogens is 1. The van der Waals surface area contributed by atoms with Gasteiger partial charge in [0.1, 0.15) is 17.1 Å². The molecule has 0 fully saturated rings. The highest BCUT2D eigenvalue weighted by atomic mass is 32.1. The molecule has 0 saturated heterocycles. The number of carbonyl (C=O) groups excluding carboxylic acids is 1. The number of imidazole rings is 1. The van der Waals surface area contributed by atoms with Crippen LogP contribution in [0.1, 0.15) is 27.2 Å².